The van der Waals surface area contributed by atoms with Gasteiger partial charge in [-0.25, -0.2) is 0 Å². The van der Waals surface area contributed by atoms with Crippen molar-refractivity contribution < 1.29 is 0 Å². The van der Waals surface area contributed by atoms with E-state index in [1.54, 1.807) is 0 Å². The molecule has 2 aromatic rings. The minimum Gasteiger partial charge on any atom is -0.133 e. The van der Waals surface area contributed by atoms with E-state index in [2.05, 4.69) is 29.7 Å². The van der Waals surface area contributed by atoms with Crippen LogP contribution < -0.4 is 0 Å². The van der Waals surface area contributed by atoms with Crippen molar-refractivity contribution in [1.29, 1.82) is 0 Å². The summed E-state index contributed by atoms with van der Waals surface area (Å²) < 4.78 is 1.43. The molecule has 0 radical (unpaired) electrons. The lowest BCUT2D eigenvalue weighted by atomic mass is 10.3. The van der Waals surface area contributed by atoms with E-state index < -0.39 is 0 Å². The Bertz CT molecular complexity index is 350. The van der Waals surface area contributed by atoms with Crippen LogP contribution in [0.3, 0.4) is 0 Å². The van der Waals surface area contributed by atoms with E-state index in [0.29, 0.717) is 0 Å². The van der Waals surface area contributed by atoms with Gasteiger partial charge in [-0.1, -0.05) is 6.08 Å². The summed E-state index contributed by atoms with van der Waals surface area (Å²) in [4.78, 5) is 1.36. The number of hydrogen-bond acceptors (Lipinski definition) is 2. The molecule has 0 saturated heterocycles. The zero-order chi connectivity index (χ0) is 7.68. The standard InChI is InChI=1S/C9H8S2/c1-2-3-8-6-7-4-5-10-9(7)11-8/h2-6H,1H3. The quantitative estimate of drug-likeness (QED) is 0.622. The third-order valence-corrected chi connectivity index (χ3v) is 3.67. The summed E-state index contributed by atoms with van der Waals surface area (Å²) in [5.74, 6) is 0. The number of thiophene rings is 2. The molecule has 0 spiro atoms. The van der Waals surface area contributed by atoms with Gasteiger partial charge in [-0.2, -0.15) is 0 Å². The van der Waals surface area contributed by atoms with Crippen LogP contribution in [0.15, 0.2) is 23.6 Å². The van der Waals surface area contributed by atoms with Gasteiger partial charge in [0, 0.05) is 10.3 Å². The molecule has 0 saturated carbocycles. The van der Waals surface area contributed by atoms with Gasteiger partial charge < -0.3 is 0 Å². The third kappa shape index (κ3) is 1.24. The lowest BCUT2D eigenvalue weighted by Gasteiger charge is -1.76. The Morgan fingerprint density at radius 2 is 2.36 bits per heavy atom. The van der Waals surface area contributed by atoms with Crippen molar-refractivity contribution in [3.63, 3.8) is 0 Å². The van der Waals surface area contributed by atoms with Crippen molar-refractivity contribution in [2.24, 2.45) is 0 Å². The Hall–Kier alpha value is -0.600. The average molecular weight is 180 g/mol. The second-order valence-electron chi connectivity index (χ2n) is 2.31. The van der Waals surface area contributed by atoms with E-state index in [1.807, 2.05) is 29.6 Å². The summed E-state index contributed by atoms with van der Waals surface area (Å²) in [7, 11) is 0. The maximum atomic E-state index is 2.23. The maximum absolute atomic E-state index is 2.23. The predicted octanol–water partition coefficient (Wildman–Crippen LogP) is 4.00. The summed E-state index contributed by atoms with van der Waals surface area (Å²) in [6, 6.07) is 4.40. The first-order valence-corrected chi connectivity index (χ1v) is 5.19. The average Bonchev–Trinajstić information content (AvgIpc) is 2.46. The highest BCUT2D eigenvalue weighted by Gasteiger charge is 1.98. The molecule has 2 aromatic heterocycles. The molecule has 56 valence electrons. The first kappa shape index (κ1) is 7.07. The molecule has 0 unspecified atom stereocenters. The molecule has 0 N–H and O–H groups in total. The Morgan fingerprint density at radius 3 is 3.09 bits per heavy atom. The van der Waals surface area contributed by atoms with Crippen LogP contribution in [0.5, 0.6) is 0 Å². The third-order valence-electron chi connectivity index (χ3n) is 1.50. The molecule has 0 nitrogen and oxygen atoms in total. The smallest absolute Gasteiger partial charge is 0.0871 e. The van der Waals surface area contributed by atoms with Gasteiger partial charge in [-0.15, -0.1) is 22.7 Å². The van der Waals surface area contributed by atoms with Crippen LogP contribution >= 0.6 is 22.7 Å². The number of allylic oxidation sites excluding steroid dienone is 1. The van der Waals surface area contributed by atoms with Crippen LogP contribution in [-0.4, -0.2) is 0 Å². The van der Waals surface area contributed by atoms with Crippen LogP contribution in [0.4, 0.5) is 0 Å². The monoisotopic (exact) mass is 180 g/mol. The minimum absolute atomic E-state index is 1.36. The van der Waals surface area contributed by atoms with Crippen molar-refractivity contribution in [2.45, 2.75) is 6.92 Å². The molecule has 0 fully saturated rings. The molecular weight excluding hydrogens is 172 g/mol. The zero-order valence-corrected chi connectivity index (χ0v) is 7.84. The SMILES string of the molecule is CC=Cc1cc2ccsc2s1. The Morgan fingerprint density at radius 1 is 1.45 bits per heavy atom. The minimum atomic E-state index is 1.36. The Kier molecular flexibility index (Phi) is 1.80. The second kappa shape index (κ2) is 2.80. The van der Waals surface area contributed by atoms with E-state index in [9.17, 15) is 0 Å². The molecule has 0 amide bonds. The lowest BCUT2D eigenvalue weighted by molar-refractivity contribution is 1.79. The molecule has 0 aliphatic rings. The van der Waals surface area contributed by atoms with E-state index in [4.69, 9.17) is 0 Å². The first-order valence-electron chi connectivity index (χ1n) is 3.50. The Balaban J connectivity index is 2.58. The topological polar surface area (TPSA) is 0 Å². The second-order valence-corrected chi connectivity index (χ2v) is 4.57. The summed E-state index contributed by atoms with van der Waals surface area (Å²) in [6.45, 7) is 2.05. The van der Waals surface area contributed by atoms with Crippen LogP contribution in [-0.2, 0) is 0 Å². The highest BCUT2D eigenvalue weighted by molar-refractivity contribution is 7.37. The molecule has 2 heteroatoms. The van der Waals surface area contributed by atoms with E-state index in [1.165, 1.54) is 14.3 Å². The van der Waals surface area contributed by atoms with Gasteiger partial charge in [0.1, 0.15) is 0 Å². The zero-order valence-electron chi connectivity index (χ0n) is 6.20. The largest absolute Gasteiger partial charge is 0.133 e. The number of fused-ring (bicyclic) bond motifs is 1. The molecule has 2 rings (SSSR count). The van der Waals surface area contributed by atoms with Gasteiger partial charge in [0.15, 0.2) is 0 Å². The highest BCUT2D eigenvalue weighted by atomic mass is 32.2. The number of hydrogen-bond donors (Lipinski definition) is 0. The molecule has 2 heterocycles. The maximum Gasteiger partial charge on any atom is 0.0871 e. The predicted molar refractivity (Wildman–Crippen MR) is 54.4 cm³/mol. The highest BCUT2D eigenvalue weighted by Crippen LogP contribution is 2.30. The molecular formula is C9H8S2. The van der Waals surface area contributed by atoms with Crippen LogP contribution in [0.1, 0.15) is 11.8 Å². The van der Waals surface area contributed by atoms with Crippen LogP contribution in [0.2, 0.25) is 0 Å². The molecule has 0 bridgehead atoms. The van der Waals surface area contributed by atoms with Crippen LogP contribution in [0, 0.1) is 0 Å². The molecule has 0 aliphatic heterocycles. The van der Waals surface area contributed by atoms with Gasteiger partial charge >= 0.3 is 0 Å². The first-order chi connectivity index (χ1) is 5.40. The van der Waals surface area contributed by atoms with Crippen molar-refractivity contribution in [3.05, 3.63) is 28.5 Å². The molecule has 0 atom stereocenters. The van der Waals surface area contributed by atoms with Crippen molar-refractivity contribution in [3.8, 4) is 0 Å². The van der Waals surface area contributed by atoms with Crippen LogP contribution in [0.25, 0.3) is 15.5 Å². The number of rotatable bonds is 1. The summed E-state index contributed by atoms with van der Waals surface area (Å²) in [6.07, 6.45) is 4.23. The Labute approximate surface area is 73.8 Å². The van der Waals surface area contributed by atoms with E-state index in [0.717, 1.165) is 0 Å². The van der Waals surface area contributed by atoms with Crippen molar-refractivity contribution in [2.75, 3.05) is 0 Å². The fourth-order valence-corrected chi connectivity index (χ4v) is 3.13. The van der Waals surface area contributed by atoms with Crippen molar-refractivity contribution >= 4 is 38.1 Å². The van der Waals surface area contributed by atoms with Gasteiger partial charge in [0.05, 0.1) is 4.01 Å². The molecule has 11 heavy (non-hydrogen) atoms. The summed E-state index contributed by atoms with van der Waals surface area (Å²) in [5, 5.41) is 3.52. The fraction of sp³-hybridized carbons (Fsp3) is 0.111. The molecule has 0 aliphatic carbocycles. The lowest BCUT2D eigenvalue weighted by Crippen LogP contribution is -1.52. The van der Waals surface area contributed by atoms with Gasteiger partial charge in [0.2, 0.25) is 0 Å². The van der Waals surface area contributed by atoms with Gasteiger partial charge in [-0.05, 0) is 30.5 Å². The normalized spacial score (nSPS) is 11.7. The summed E-state index contributed by atoms with van der Waals surface area (Å²) in [5.41, 5.74) is 0. The van der Waals surface area contributed by atoms with Gasteiger partial charge in [0.25, 0.3) is 0 Å². The summed E-state index contributed by atoms with van der Waals surface area (Å²) >= 11 is 3.68. The molecule has 0 aromatic carbocycles. The van der Waals surface area contributed by atoms with Crippen molar-refractivity contribution in [1.82, 2.24) is 0 Å². The fourth-order valence-electron chi connectivity index (χ4n) is 1.03. The van der Waals surface area contributed by atoms with Gasteiger partial charge in [-0.3, -0.25) is 0 Å². The van der Waals surface area contributed by atoms with E-state index in [-0.39, 0.29) is 0 Å². The van der Waals surface area contributed by atoms with E-state index >= 15 is 0 Å².